The van der Waals surface area contributed by atoms with Gasteiger partial charge in [0.05, 0.1) is 35.1 Å². The van der Waals surface area contributed by atoms with Gasteiger partial charge in [0.25, 0.3) is 0 Å². The lowest BCUT2D eigenvalue weighted by Crippen LogP contribution is -2.15. The first kappa shape index (κ1) is 15.7. The SMILES string of the molecule is N#Cc1ccc2c(c1)N=C(N)CN=C2c1ccc(C(F)(F)F)cc1. The van der Waals surface area contributed by atoms with Crippen molar-refractivity contribution in [1.82, 2.24) is 0 Å². The van der Waals surface area contributed by atoms with Gasteiger partial charge >= 0.3 is 6.18 Å². The molecule has 7 heteroatoms. The summed E-state index contributed by atoms with van der Waals surface area (Å²) in [5.74, 6) is 0.272. The van der Waals surface area contributed by atoms with Gasteiger partial charge in [-0.2, -0.15) is 18.4 Å². The molecule has 0 fully saturated rings. The Morgan fingerprint density at radius 1 is 1.08 bits per heavy atom. The number of nitrogens with two attached hydrogens (primary N) is 1. The van der Waals surface area contributed by atoms with Gasteiger partial charge in [-0.3, -0.25) is 4.99 Å². The molecule has 0 unspecified atom stereocenters. The fourth-order valence-corrected chi connectivity index (χ4v) is 2.39. The molecule has 0 aliphatic carbocycles. The van der Waals surface area contributed by atoms with E-state index in [4.69, 9.17) is 11.0 Å². The van der Waals surface area contributed by atoms with Gasteiger partial charge in [0.1, 0.15) is 5.84 Å². The third kappa shape index (κ3) is 2.99. The number of fused-ring (bicyclic) bond motifs is 1. The van der Waals surface area contributed by atoms with Crippen LogP contribution in [-0.2, 0) is 6.18 Å². The Morgan fingerprint density at radius 3 is 2.42 bits per heavy atom. The van der Waals surface area contributed by atoms with Crippen molar-refractivity contribution in [3.63, 3.8) is 0 Å². The predicted octanol–water partition coefficient (Wildman–Crippen LogP) is 3.42. The number of nitrogens with zero attached hydrogens (tertiary/aromatic N) is 3. The lowest BCUT2D eigenvalue weighted by Gasteiger charge is -2.11. The third-order valence-corrected chi connectivity index (χ3v) is 3.53. The first-order chi connectivity index (χ1) is 11.4. The van der Waals surface area contributed by atoms with Crippen LogP contribution in [0.4, 0.5) is 18.9 Å². The number of alkyl halides is 3. The largest absolute Gasteiger partial charge is 0.416 e. The molecule has 0 bridgehead atoms. The van der Waals surface area contributed by atoms with Crippen LogP contribution in [0.25, 0.3) is 0 Å². The van der Waals surface area contributed by atoms with Crippen molar-refractivity contribution in [2.45, 2.75) is 6.18 Å². The number of hydrogen-bond donors (Lipinski definition) is 1. The van der Waals surface area contributed by atoms with Gasteiger partial charge in [-0.05, 0) is 30.3 Å². The number of hydrogen-bond acceptors (Lipinski definition) is 4. The third-order valence-electron chi connectivity index (χ3n) is 3.53. The minimum absolute atomic E-state index is 0.132. The van der Waals surface area contributed by atoms with Crippen molar-refractivity contribution < 1.29 is 13.2 Å². The van der Waals surface area contributed by atoms with Crippen LogP contribution >= 0.6 is 0 Å². The van der Waals surface area contributed by atoms with Crippen molar-refractivity contribution in [3.8, 4) is 6.07 Å². The molecule has 2 aromatic rings. The van der Waals surface area contributed by atoms with Crippen LogP contribution in [0.15, 0.2) is 52.4 Å². The Balaban J connectivity index is 2.09. The van der Waals surface area contributed by atoms with E-state index in [2.05, 4.69) is 9.98 Å². The number of halogens is 3. The van der Waals surface area contributed by atoms with Crippen molar-refractivity contribution in [2.24, 2.45) is 15.7 Å². The quantitative estimate of drug-likeness (QED) is 0.871. The Bertz CT molecular complexity index is 888. The maximum atomic E-state index is 12.7. The summed E-state index contributed by atoms with van der Waals surface area (Å²) < 4.78 is 38.1. The normalized spacial score (nSPS) is 14.1. The van der Waals surface area contributed by atoms with Gasteiger partial charge < -0.3 is 5.73 Å². The van der Waals surface area contributed by atoms with E-state index >= 15 is 0 Å². The van der Waals surface area contributed by atoms with Crippen LogP contribution in [0.3, 0.4) is 0 Å². The molecule has 4 nitrogen and oxygen atoms in total. The van der Waals surface area contributed by atoms with Gasteiger partial charge in [-0.1, -0.05) is 12.1 Å². The van der Waals surface area contributed by atoms with Crippen molar-refractivity contribution in [3.05, 3.63) is 64.7 Å². The zero-order valence-corrected chi connectivity index (χ0v) is 12.3. The molecule has 0 radical (unpaired) electrons. The van der Waals surface area contributed by atoms with Crippen LogP contribution in [0, 0.1) is 11.3 Å². The van der Waals surface area contributed by atoms with Crippen LogP contribution < -0.4 is 5.73 Å². The molecule has 2 N–H and O–H groups in total. The van der Waals surface area contributed by atoms with Crippen molar-refractivity contribution >= 4 is 17.2 Å². The van der Waals surface area contributed by atoms with Crippen LogP contribution in [-0.4, -0.2) is 18.1 Å². The van der Waals surface area contributed by atoms with Gasteiger partial charge in [0, 0.05) is 11.1 Å². The second-order valence-electron chi connectivity index (χ2n) is 5.19. The molecule has 1 aliphatic rings. The monoisotopic (exact) mass is 328 g/mol. The number of amidine groups is 1. The molecule has 0 atom stereocenters. The summed E-state index contributed by atoms with van der Waals surface area (Å²) in [6, 6.07) is 11.6. The van der Waals surface area contributed by atoms with Gasteiger partial charge in [-0.15, -0.1) is 0 Å². The average Bonchev–Trinajstić information content (AvgIpc) is 2.71. The zero-order chi connectivity index (χ0) is 17.3. The highest BCUT2D eigenvalue weighted by atomic mass is 19.4. The summed E-state index contributed by atoms with van der Waals surface area (Å²) in [5, 5.41) is 9.00. The molecule has 120 valence electrons. The van der Waals surface area contributed by atoms with E-state index in [0.29, 0.717) is 28.1 Å². The minimum atomic E-state index is -4.39. The molecule has 0 spiro atoms. The molecule has 0 saturated heterocycles. The minimum Gasteiger partial charge on any atom is -0.386 e. The number of rotatable bonds is 1. The lowest BCUT2D eigenvalue weighted by atomic mass is 9.98. The summed E-state index contributed by atoms with van der Waals surface area (Å²) in [6.45, 7) is 0.132. The fraction of sp³-hybridized carbons (Fsp3) is 0.118. The maximum absolute atomic E-state index is 12.7. The molecule has 1 heterocycles. The smallest absolute Gasteiger partial charge is 0.386 e. The van der Waals surface area contributed by atoms with E-state index in [0.717, 1.165) is 12.1 Å². The van der Waals surface area contributed by atoms with E-state index in [1.165, 1.54) is 12.1 Å². The van der Waals surface area contributed by atoms with E-state index in [-0.39, 0.29) is 12.4 Å². The Labute approximate surface area is 135 Å². The fourth-order valence-electron chi connectivity index (χ4n) is 2.39. The molecular formula is C17H11F3N4. The number of benzene rings is 2. The summed E-state index contributed by atoms with van der Waals surface area (Å²) in [5.41, 5.74) is 7.58. The lowest BCUT2D eigenvalue weighted by molar-refractivity contribution is -0.137. The highest BCUT2D eigenvalue weighted by molar-refractivity contribution is 6.17. The maximum Gasteiger partial charge on any atom is 0.416 e. The second-order valence-corrected chi connectivity index (χ2v) is 5.19. The predicted molar refractivity (Wildman–Crippen MR) is 84.4 cm³/mol. The first-order valence-corrected chi connectivity index (χ1v) is 6.98. The van der Waals surface area contributed by atoms with Gasteiger partial charge in [0.15, 0.2) is 0 Å². The number of nitriles is 1. The van der Waals surface area contributed by atoms with Crippen molar-refractivity contribution in [2.75, 3.05) is 6.54 Å². The standard InChI is InChI=1S/C17H11F3N4/c18-17(19,20)12-4-2-11(3-5-12)16-13-6-1-10(8-21)7-14(13)24-15(22)9-23-16/h1-7H,9H2,(H2,22,24). The molecule has 0 saturated carbocycles. The van der Waals surface area contributed by atoms with E-state index in [9.17, 15) is 13.2 Å². The average molecular weight is 328 g/mol. The van der Waals surface area contributed by atoms with Crippen molar-refractivity contribution in [1.29, 1.82) is 5.26 Å². The second kappa shape index (κ2) is 5.81. The highest BCUT2D eigenvalue weighted by Crippen LogP contribution is 2.31. The Hall–Kier alpha value is -3.14. The molecule has 0 aromatic heterocycles. The summed E-state index contributed by atoms with van der Waals surface area (Å²) in [6.07, 6.45) is -4.39. The topological polar surface area (TPSA) is 74.5 Å². The number of aliphatic imine (C=N–C) groups is 2. The van der Waals surface area contributed by atoms with E-state index in [1.54, 1.807) is 18.2 Å². The zero-order valence-electron chi connectivity index (χ0n) is 12.3. The molecule has 3 rings (SSSR count). The van der Waals surface area contributed by atoms with Crippen LogP contribution in [0.5, 0.6) is 0 Å². The molecule has 24 heavy (non-hydrogen) atoms. The molecule has 0 amide bonds. The first-order valence-electron chi connectivity index (χ1n) is 6.98. The summed E-state index contributed by atoms with van der Waals surface area (Å²) in [4.78, 5) is 8.59. The van der Waals surface area contributed by atoms with E-state index in [1.807, 2.05) is 6.07 Å². The van der Waals surface area contributed by atoms with Crippen LogP contribution in [0.1, 0.15) is 22.3 Å². The summed E-state index contributed by atoms with van der Waals surface area (Å²) >= 11 is 0. The Kier molecular flexibility index (Phi) is 3.81. The van der Waals surface area contributed by atoms with Gasteiger partial charge in [0.2, 0.25) is 0 Å². The Morgan fingerprint density at radius 2 is 1.79 bits per heavy atom. The van der Waals surface area contributed by atoms with Crippen LogP contribution in [0.2, 0.25) is 0 Å². The molecule has 1 aliphatic heterocycles. The highest BCUT2D eigenvalue weighted by Gasteiger charge is 2.30. The van der Waals surface area contributed by atoms with Gasteiger partial charge in [-0.25, -0.2) is 4.99 Å². The molecule has 2 aromatic carbocycles. The van der Waals surface area contributed by atoms with E-state index < -0.39 is 11.7 Å². The summed E-state index contributed by atoms with van der Waals surface area (Å²) in [7, 11) is 0. The molecular weight excluding hydrogens is 317 g/mol.